The van der Waals surface area contributed by atoms with Crippen LogP contribution in [0.3, 0.4) is 0 Å². The maximum Gasteiger partial charge on any atom is 0.165 e. The van der Waals surface area contributed by atoms with Gasteiger partial charge in [-0.25, -0.2) is 15.0 Å². The Kier molecular flexibility index (Phi) is 9.09. The molecule has 75 heavy (non-hydrogen) atoms. The minimum Gasteiger partial charge on any atom is -0.456 e. The summed E-state index contributed by atoms with van der Waals surface area (Å²) in [4.78, 5) is 16.0. The first-order valence-corrected chi connectivity index (χ1v) is 26.3. The van der Waals surface area contributed by atoms with Gasteiger partial charge in [-0.15, -0.1) is 11.3 Å². The van der Waals surface area contributed by atoms with Gasteiger partial charge in [-0.05, 0) is 120 Å². The molecule has 0 N–H and O–H groups in total. The Morgan fingerprint density at radius 2 is 0.787 bits per heavy atom. The summed E-state index contributed by atoms with van der Waals surface area (Å²) in [5.74, 6) is 1.83. The molecule has 0 saturated heterocycles. The van der Waals surface area contributed by atoms with E-state index in [-0.39, 0.29) is 0 Å². The van der Waals surface area contributed by atoms with Gasteiger partial charge in [-0.1, -0.05) is 206 Å². The van der Waals surface area contributed by atoms with Crippen molar-refractivity contribution in [1.82, 2.24) is 15.0 Å². The Balaban J connectivity index is 0.834. The van der Waals surface area contributed by atoms with Gasteiger partial charge in [-0.3, -0.25) is 0 Å². The Morgan fingerprint density at radius 1 is 0.293 bits per heavy atom. The van der Waals surface area contributed by atoms with Crippen molar-refractivity contribution in [3.05, 3.63) is 271 Å². The Labute approximate surface area is 436 Å². The standard InChI is InChI=1S/C70H41N3OS/c1-2-15-42(16-3-1)43-31-33-44(34-32-43)67-71-68(73-69(72-67)56-25-13-23-54-53-22-7-11-30-64(53)75-66(54)56)55-24-14-29-63-65(55)57-40-47(36-38-62(57)74-63)45-17-12-18-46(39-45)48-35-37-52-51-21-6-10-28-60(51)70(61(52)41-48)58-26-8-4-19-49(58)50-20-5-9-27-59(50)70/h1-41H. The molecular weight excluding hydrogens is 931 g/mol. The molecule has 5 heteroatoms. The molecule has 0 atom stereocenters. The number of nitrogens with zero attached hydrogens (tertiary/aromatic N) is 3. The lowest BCUT2D eigenvalue weighted by Crippen LogP contribution is -2.25. The molecule has 2 aliphatic rings. The first-order valence-electron chi connectivity index (χ1n) is 25.5. The minimum atomic E-state index is -0.406. The monoisotopic (exact) mass is 971 g/mol. The van der Waals surface area contributed by atoms with Crippen LogP contribution < -0.4 is 0 Å². The lowest BCUT2D eigenvalue weighted by atomic mass is 9.70. The van der Waals surface area contributed by atoms with E-state index in [0.717, 1.165) is 71.1 Å². The number of rotatable bonds is 6. The number of thiophene rings is 1. The molecule has 16 rings (SSSR count). The van der Waals surface area contributed by atoms with Gasteiger partial charge in [0.05, 0.1) is 5.41 Å². The van der Waals surface area contributed by atoms with Crippen molar-refractivity contribution in [2.75, 3.05) is 0 Å². The third kappa shape index (κ3) is 6.26. The zero-order chi connectivity index (χ0) is 49.2. The van der Waals surface area contributed by atoms with Crippen molar-refractivity contribution in [3.8, 4) is 89.8 Å². The Hall–Kier alpha value is -9.55. The van der Waals surface area contributed by atoms with E-state index in [1.807, 2.05) is 18.2 Å². The van der Waals surface area contributed by atoms with Gasteiger partial charge in [0.1, 0.15) is 11.2 Å². The fourth-order valence-electron chi connectivity index (χ4n) is 12.5. The molecule has 2 aliphatic carbocycles. The molecule has 3 aromatic heterocycles. The average Bonchev–Trinajstić information content (AvgIpc) is 4.28. The maximum atomic E-state index is 6.67. The van der Waals surface area contributed by atoms with Gasteiger partial charge in [0.15, 0.2) is 17.5 Å². The SMILES string of the molecule is c1ccc(-c2ccc(-c3nc(-c4cccc5c4sc4ccccc45)nc(-c4cccc5oc6ccc(-c7cccc(-c8ccc9c(c8)C8(c%10ccccc%10-c%10ccccc%108)c8ccccc8-9)c7)cc6c45)n3)cc2)cc1. The van der Waals surface area contributed by atoms with E-state index in [2.05, 4.69) is 231 Å². The topological polar surface area (TPSA) is 51.8 Å². The highest BCUT2D eigenvalue weighted by Crippen LogP contribution is 2.63. The maximum absolute atomic E-state index is 6.67. The number of aromatic nitrogens is 3. The predicted octanol–water partition coefficient (Wildman–Crippen LogP) is 18.5. The zero-order valence-electron chi connectivity index (χ0n) is 40.3. The van der Waals surface area contributed by atoms with E-state index in [1.165, 1.54) is 65.5 Å². The van der Waals surface area contributed by atoms with Gasteiger partial charge in [0.25, 0.3) is 0 Å². The average molecular weight is 972 g/mol. The second-order valence-corrected chi connectivity index (χ2v) is 20.8. The normalized spacial score (nSPS) is 12.9. The molecule has 0 fully saturated rings. The molecule has 0 amide bonds. The zero-order valence-corrected chi connectivity index (χ0v) is 41.1. The first-order chi connectivity index (χ1) is 37.2. The third-order valence-corrected chi connectivity index (χ3v) is 17.0. The Morgan fingerprint density at radius 3 is 1.53 bits per heavy atom. The van der Waals surface area contributed by atoms with Crippen LogP contribution in [0, 0.1) is 0 Å². The fraction of sp³-hybridized carbons (Fsp3) is 0.0143. The number of fused-ring (bicyclic) bond motifs is 16. The highest BCUT2D eigenvalue weighted by atomic mass is 32.1. The Bertz CT molecular complexity index is 4600. The van der Waals surface area contributed by atoms with Crippen LogP contribution in [-0.4, -0.2) is 15.0 Å². The largest absolute Gasteiger partial charge is 0.456 e. The van der Waals surface area contributed by atoms with Gasteiger partial charge in [0.2, 0.25) is 0 Å². The van der Waals surface area contributed by atoms with Crippen LogP contribution in [0.25, 0.3) is 132 Å². The quantitative estimate of drug-likeness (QED) is 0.167. The van der Waals surface area contributed by atoms with Gasteiger partial charge >= 0.3 is 0 Å². The van der Waals surface area contributed by atoms with Crippen LogP contribution in [0.5, 0.6) is 0 Å². The number of furan rings is 1. The van der Waals surface area contributed by atoms with Crippen molar-refractivity contribution in [3.63, 3.8) is 0 Å². The van der Waals surface area contributed by atoms with E-state index in [4.69, 9.17) is 19.4 Å². The lowest BCUT2D eigenvalue weighted by molar-refractivity contribution is 0.669. The van der Waals surface area contributed by atoms with E-state index < -0.39 is 5.41 Å². The van der Waals surface area contributed by atoms with Crippen LogP contribution >= 0.6 is 11.3 Å². The van der Waals surface area contributed by atoms with Crippen molar-refractivity contribution in [2.45, 2.75) is 5.41 Å². The summed E-state index contributed by atoms with van der Waals surface area (Å²) < 4.78 is 9.05. The van der Waals surface area contributed by atoms with Crippen LogP contribution in [0.2, 0.25) is 0 Å². The summed E-state index contributed by atoms with van der Waals surface area (Å²) in [6.45, 7) is 0. The van der Waals surface area contributed by atoms with Gasteiger partial charge < -0.3 is 4.42 Å². The van der Waals surface area contributed by atoms with Gasteiger partial charge in [0, 0.05) is 47.6 Å². The first kappa shape index (κ1) is 42.0. The van der Waals surface area contributed by atoms with Crippen molar-refractivity contribution in [2.24, 2.45) is 0 Å². The lowest BCUT2D eigenvalue weighted by Gasteiger charge is -2.30. The van der Waals surface area contributed by atoms with E-state index in [1.54, 1.807) is 11.3 Å². The molecule has 0 aliphatic heterocycles. The molecule has 14 aromatic rings. The second-order valence-electron chi connectivity index (χ2n) is 19.7. The fourth-order valence-corrected chi connectivity index (χ4v) is 13.7. The van der Waals surface area contributed by atoms with E-state index in [0.29, 0.717) is 17.5 Å². The number of hydrogen-bond acceptors (Lipinski definition) is 5. The van der Waals surface area contributed by atoms with Gasteiger partial charge in [-0.2, -0.15) is 0 Å². The third-order valence-electron chi connectivity index (χ3n) is 15.8. The van der Waals surface area contributed by atoms with Crippen molar-refractivity contribution < 1.29 is 4.42 Å². The molecule has 0 unspecified atom stereocenters. The molecule has 0 bridgehead atoms. The smallest absolute Gasteiger partial charge is 0.165 e. The second kappa shape index (κ2) is 16.2. The van der Waals surface area contributed by atoms with Crippen LogP contribution in [-0.2, 0) is 5.41 Å². The molecule has 0 radical (unpaired) electrons. The summed E-state index contributed by atoms with van der Waals surface area (Å²) in [7, 11) is 0. The number of hydrogen-bond donors (Lipinski definition) is 0. The predicted molar refractivity (Wildman–Crippen MR) is 309 cm³/mol. The summed E-state index contributed by atoms with van der Waals surface area (Å²) in [6, 6.07) is 89.9. The minimum absolute atomic E-state index is 0.406. The van der Waals surface area contributed by atoms with Crippen LogP contribution in [0.1, 0.15) is 22.3 Å². The summed E-state index contributed by atoms with van der Waals surface area (Å²) >= 11 is 1.78. The molecule has 1 spiro atoms. The molecule has 348 valence electrons. The van der Waals surface area contributed by atoms with E-state index in [9.17, 15) is 0 Å². The van der Waals surface area contributed by atoms with Crippen LogP contribution in [0.15, 0.2) is 253 Å². The van der Waals surface area contributed by atoms with Crippen LogP contribution in [0.4, 0.5) is 0 Å². The summed E-state index contributed by atoms with van der Waals surface area (Å²) in [5.41, 5.74) is 21.4. The molecular formula is C70H41N3OS. The van der Waals surface area contributed by atoms with E-state index >= 15 is 0 Å². The number of benzene rings is 11. The highest BCUT2D eigenvalue weighted by molar-refractivity contribution is 7.26. The molecule has 3 heterocycles. The molecule has 0 saturated carbocycles. The summed E-state index contributed by atoms with van der Waals surface area (Å²) in [6.07, 6.45) is 0. The van der Waals surface area contributed by atoms with Crippen molar-refractivity contribution >= 4 is 53.4 Å². The molecule has 4 nitrogen and oxygen atoms in total. The summed E-state index contributed by atoms with van der Waals surface area (Å²) in [5, 5.41) is 4.39. The van der Waals surface area contributed by atoms with Crippen molar-refractivity contribution in [1.29, 1.82) is 0 Å². The highest BCUT2D eigenvalue weighted by Gasteiger charge is 2.51. The molecule has 11 aromatic carbocycles.